The van der Waals surface area contributed by atoms with E-state index in [4.69, 9.17) is 5.73 Å². The highest BCUT2D eigenvalue weighted by Crippen LogP contribution is 2.36. The maximum absolute atomic E-state index is 13.6. The molecule has 4 rings (SSSR count). The molecule has 5 nitrogen and oxygen atoms in total. The minimum absolute atomic E-state index is 0.0273. The molecule has 0 amide bonds. The molecule has 2 aromatic heterocycles. The van der Waals surface area contributed by atoms with Crippen molar-refractivity contribution in [1.29, 1.82) is 0 Å². The van der Waals surface area contributed by atoms with Crippen LogP contribution in [-0.2, 0) is 6.42 Å². The molecular formula is C15H13FIN5. The summed E-state index contributed by atoms with van der Waals surface area (Å²) in [6, 6.07) is 4.96. The summed E-state index contributed by atoms with van der Waals surface area (Å²) in [7, 11) is 0. The number of nitrogens with one attached hydrogen (secondary N) is 1. The van der Waals surface area contributed by atoms with Gasteiger partial charge in [-0.25, -0.2) is 14.4 Å². The molecule has 112 valence electrons. The van der Waals surface area contributed by atoms with E-state index >= 15 is 0 Å². The van der Waals surface area contributed by atoms with Crippen molar-refractivity contribution in [3.8, 4) is 0 Å². The first-order valence-electron chi connectivity index (χ1n) is 7.09. The summed E-state index contributed by atoms with van der Waals surface area (Å²) in [6.07, 6.45) is 2.88. The molecule has 1 aliphatic rings. The van der Waals surface area contributed by atoms with Crippen LogP contribution in [0.5, 0.6) is 0 Å². The summed E-state index contributed by atoms with van der Waals surface area (Å²) in [5.41, 5.74) is 8.77. The van der Waals surface area contributed by atoms with Crippen molar-refractivity contribution in [1.82, 2.24) is 20.2 Å². The molecule has 1 aliphatic carbocycles. The van der Waals surface area contributed by atoms with Gasteiger partial charge in [0, 0.05) is 5.92 Å². The second-order valence-electron chi connectivity index (χ2n) is 5.49. The van der Waals surface area contributed by atoms with Crippen molar-refractivity contribution >= 4 is 39.4 Å². The van der Waals surface area contributed by atoms with Gasteiger partial charge >= 0.3 is 0 Å². The highest BCUT2D eigenvalue weighted by molar-refractivity contribution is 14.1. The molecule has 0 saturated carbocycles. The van der Waals surface area contributed by atoms with Crippen LogP contribution in [0.1, 0.15) is 35.7 Å². The number of H-pyrrole nitrogens is 1. The van der Waals surface area contributed by atoms with E-state index < -0.39 is 0 Å². The number of rotatable bonds is 1. The van der Waals surface area contributed by atoms with E-state index in [-0.39, 0.29) is 11.7 Å². The fourth-order valence-corrected chi connectivity index (χ4v) is 3.76. The molecule has 0 bridgehead atoms. The smallest absolute Gasteiger partial charge is 0.187 e. The Morgan fingerprint density at radius 3 is 3.05 bits per heavy atom. The number of benzene rings is 1. The normalized spacial score (nSPS) is 17.6. The van der Waals surface area contributed by atoms with Gasteiger partial charge in [-0.2, -0.15) is 5.10 Å². The quantitative estimate of drug-likeness (QED) is 0.606. The summed E-state index contributed by atoms with van der Waals surface area (Å²) in [6.45, 7) is 0. The van der Waals surface area contributed by atoms with Gasteiger partial charge in [0.15, 0.2) is 5.65 Å². The molecule has 0 radical (unpaired) electrons. The number of nitrogens with two attached hydrogens (primary N) is 1. The van der Waals surface area contributed by atoms with Crippen LogP contribution in [0.2, 0.25) is 0 Å². The minimum Gasteiger partial charge on any atom is -0.383 e. The Balaban J connectivity index is 1.88. The maximum atomic E-state index is 13.6. The molecule has 0 spiro atoms. The fourth-order valence-electron chi connectivity index (χ4n) is 3.13. The topological polar surface area (TPSA) is 80.5 Å². The van der Waals surface area contributed by atoms with E-state index in [0.29, 0.717) is 17.3 Å². The Morgan fingerprint density at radius 2 is 2.18 bits per heavy atom. The zero-order valence-electron chi connectivity index (χ0n) is 11.6. The van der Waals surface area contributed by atoms with Crippen molar-refractivity contribution in [3.63, 3.8) is 0 Å². The fraction of sp³-hybridized carbons (Fsp3) is 0.267. The van der Waals surface area contributed by atoms with Crippen LogP contribution in [0.15, 0.2) is 18.2 Å². The molecule has 0 aliphatic heterocycles. The lowest BCUT2D eigenvalue weighted by Crippen LogP contribution is -2.15. The Bertz CT molecular complexity index is 876. The Morgan fingerprint density at radius 1 is 1.32 bits per heavy atom. The molecule has 0 saturated heterocycles. The number of fused-ring (bicyclic) bond motifs is 2. The van der Waals surface area contributed by atoms with Gasteiger partial charge < -0.3 is 5.73 Å². The zero-order chi connectivity index (χ0) is 15.3. The minimum atomic E-state index is -0.228. The number of aromatic nitrogens is 4. The molecule has 7 heteroatoms. The number of aromatic amines is 1. The average Bonchev–Trinajstić information content (AvgIpc) is 2.88. The SMILES string of the molecule is Nc1nc(C2CCCc3ccc(F)cc32)nc2n[nH]c(I)c12. The van der Waals surface area contributed by atoms with Crippen LogP contribution >= 0.6 is 22.6 Å². The number of hydrogen-bond donors (Lipinski definition) is 2. The molecule has 0 fully saturated rings. The number of hydrogen-bond acceptors (Lipinski definition) is 4. The van der Waals surface area contributed by atoms with Gasteiger partial charge in [-0.3, -0.25) is 5.10 Å². The molecule has 3 aromatic rings. The van der Waals surface area contributed by atoms with E-state index in [1.165, 1.54) is 6.07 Å². The first kappa shape index (κ1) is 13.9. The summed E-state index contributed by atoms with van der Waals surface area (Å²) in [5, 5.41) is 7.79. The van der Waals surface area contributed by atoms with E-state index in [0.717, 1.165) is 39.5 Å². The summed E-state index contributed by atoms with van der Waals surface area (Å²) in [4.78, 5) is 9.01. The second kappa shape index (κ2) is 5.15. The van der Waals surface area contributed by atoms with Gasteiger partial charge in [0.1, 0.15) is 21.2 Å². The Kier molecular flexibility index (Phi) is 3.24. The second-order valence-corrected chi connectivity index (χ2v) is 6.57. The van der Waals surface area contributed by atoms with Crippen LogP contribution in [-0.4, -0.2) is 20.2 Å². The standard InChI is InChI=1S/C15H13FIN5/c16-8-5-4-7-2-1-3-9(10(7)6-8)14-19-13(18)11-12(17)21-22-15(11)20-14/h4-6,9H,1-3H2,(H3,18,19,20,21,22). The highest BCUT2D eigenvalue weighted by atomic mass is 127. The molecule has 3 N–H and O–H groups in total. The van der Waals surface area contributed by atoms with Crippen molar-refractivity contribution < 1.29 is 4.39 Å². The summed E-state index contributed by atoms with van der Waals surface area (Å²) < 4.78 is 14.5. The molecular weight excluding hydrogens is 396 g/mol. The lowest BCUT2D eigenvalue weighted by molar-refractivity contribution is 0.575. The van der Waals surface area contributed by atoms with Gasteiger partial charge in [-0.05, 0) is 65.1 Å². The number of nitrogen functional groups attached to an aromatic ring is 1. The van der Waals surface area contributed by atoms with Crippen LogP contribution in [0.25, 0.3) is 11.0 Å². The third-order valence-electron chi connectivity index (χ3n) is 4.15. The largest absolute Gasteiger partial charge is 0.383 e. The average molecular weight is 409 g/mol. The highest BCUT2D eigenvalue weighted by Gasteiger charge is 2.26. The van der Waals surface area contributed by atoms with E-state index in [2.05, 4.69) is 42.8 Å². The Hall–Kier alpha value is -1.77. The third kappa shape index (κ3) is 2.15. The van der Waals surface area contributed by atoms with Crippen molar-refractivity contribution in [2.24, 2.45) is 0 Å². The van der Waals surface area contributed by atoms with Crippen LogP contribution < -0.4 is 5.73 Å². The van der Waals surface area contributed by atoms with E-state index in [1.807, 2.05) is 6.07 Å². The predicted octanol–water partition coefficient (Wildman–Crippen LogP) is 3.15. The molecule has 1 aromatic carbocycles. The van der Waals surface area contributed by atoms with Gasteiger partial charge in [-0.15, -0.1) is 0 Å². The first-order chi connectivity index (χ1) is 10.6. The van der Waals surface area contributed by atoms with Crippen molar-refractivity contribution in [2.45, 2.75) is 25.2 Å². The van der Waals surface area contributed by atoms with Crippen molar-refractivity contribution in [3.05, 3.63) is 44.7 Å². The number of aryl methyl sites for hydroxylation is 1. The zero-order valence-corrected chi connectivity index (χ0v) is 13.8. The van der Waals surface area contributed by atoms with Crippen molar-refractivity contribution in [2.75, 3.05) is 5.73 Å². The van der Waals surface area contributed by atoms with Gasteiger partial charge in [0.05, 0.1) is 5.39 Å². The summed E-state index contributed by atoms with van der Waals surface area (Å²) in [5.74, 6) is 0.788. The lowest BCUT2D eigenvalue weighted by atomic mass is 9.82. The van der Waals surface area contributed by atoms with Crippen LogP contribution in [0, 0.1) is 9.52 Å². The third-order valence-corrected chi connectivity index (χ3v) is 4.93. The van der Waals surface area contributed by atoms with Crippen LogP contribution in [0.4, 0.5) is 10.2 Å². The number of nitrogens with zero attached hydrogens (tertiary/aromatic N) is 3. The molecule has 22 heavy (non-hydrogen) atoms. The van der Waals surface area contributed by atoms with Gasteiger partial charge in [0.25, 0.3) is 0 Å². The number of halogens is 2. The van der Waals surface area contributed by atoms with E-state index in [1.54, 1.807) is 6.07 Å². The molecule has 1 unspecified atom stereocenters. The molecule has 1 atom stereocenters. The molecule has 2 heterocycles. The summed E-state index contributed by atoms with van der Waals surface area (Å²) >= 11 is 2.12. The Labute approximate surface area is 139 Å². The van der Waals surface area contributed by atoms with Gasteiger partial charge in [0.2, 0.25) is 0 Å². The number of anilines is 1. The monoisotopic (exact) mass is 409 g/mol. The van der Waals surface area contributed by atoms with E-state index in [9.17, 15) is 4.39 Å². The van der Waals surface area contributed by atoms with Crippen LogP contribution in [0.3, 0.4) is 0 Å². The maximum Gasteiger partial charge on any atom is 0.187 e. The predicted molar refractivity (Wildman–Crippen MR) is 90.0 cm³/mol. The lowest BCUT2D eigenvalue weighted by Gasteiger charge is -2.24. The first-order valence-corrected chi connectivity index (χ1v) is 8.16. The van der Waals surface area contributed by atoms with Gasteiger partial charge in [-0.1, -0.05) is 6.07 Å².